The van der Waals surface area contributed by atoms with E-state index in [2.05, 4.69) is 57.5 Å². The lowest BCUT2D eigenvalue weighted by atomic mass is 10.1. The van der Waals surface area contributed by atoms with E-state index in [0.717, 1.165) is 6.54 Å². The zero-order valence-electron chi connectivity index (χ0n) is 18.0. The number of carbonyl (C=O) groups excluding carboxylic acids is 2. The minimum atomic E-state index is -1.77. The smallest absolute Gasteiger partial charge is 0.261 e. The molecule has 2 amide bonds. The van der Waals surface area contributed by atoms with Gasteiger partial charge in [0.05, 0.1) is 24.3 Å². The van der Waals surface area contributed by atoms with Crippen LogP contribution in [0.1, 0.15) is 48.4 Å². The Kier molecular flexibility index (Phi) is 7.21. The summed E-state index contributed by atoms with van der Waals surface area (Å²) in [5.41, 5.74) is 0.997. The number of likely N-dealkylation sites (N-methyl/N-ethyl adjacent to an activating group) is 1. The second-order valence-electron chi connectivity index (χ2n) is 8.58. The van der Waals surface area contributed by atoms with Gasteiger partial charge in [0, 0.05) is 13.1 Å². The van der Waals surface area contributed by atoms with Crippen molar-refractivity contribution in [3.05, 3.63) is 35.4 Å². The van der Waals surface area contributed by atoms with Crippen molar-refractivity contribution in [2.24, 2.45) is 0 Å². The van der Waals surface area contributed by atoms with Crippen molar-refractivity contribution in [3.63, 3.8) is 0 Å². The molecule has 1 aromatic rings. The minimum absolute atomic E-state index is 0.177. The first-order valence-electron chi connectivity index (χ1n) is 9.85. The molecule has 0 spiro atoms. The van der Waals surface area contributed by atoms with Gasteiger partial charge >= 0.3 is 0 Å². The number of benzene rings is 1. The van der Waals surface area contributed by atoms with Crippen molar-refractivity contribution in [1.29, 1.82) is 0 Å². The molecule has 152 valence electrons. The fourth-order valence-corrected chi connectivity index (χ4v) is 3.55. The number of hydrogen-bond donors (Lipinski definition) is 0. The zero-order chi connectivity index (χ0) is 20.9. The average molecular weight is 401 g/mol. The minimum Gasteiger partial charge on any atom is -0.406 e. The molecule has 0 atom stereocenters. The quantitative estimate of drug-likeness (QED) is 0.398. The number of nitrogens with zero attached hydrogens (tertiary/aromatic N) is 2. The Morgan fingerprint density at radius 3 is 2.14 bits per heavy atom. The highest BCUT2D eigenvalue weighted by Gasteiger charge is 2.37. The van der Waals surface area contributed by atoms with E-state index >= 15 is 0 Å². The molecule has 2 rings (SSSR count). The Morgan fingerprint density at radius 1 is 1.07 bits per heavy atom. The fourth-order valence-electron chi connectivity index (χ4n) is 2.68. The van der Waals surface area contributed by atoms with Crippen LogP contribution in [0, 0.1) is 11.8 Å². The van der Waals surface area contributed by atoms with Crippen LogP contribution in [0.3, 0.4) is 0 Å². The van der Waals surface area contributed by atoms with Crippen LogP contribution in [0.5, 0.6) is 0 Å². The Labute approximate surface area is 170 Å². The summed E-state index contributed by atoms with van der Waals surface area (Å²) in [5.74, 6) is 5.87. The zero-order valence-corrected chi connectivity index (χ0v) is 19.0. The van der Waals surface area contributed by atoms with E-state index in [1.165, 1.54) is 4.90 Å². The van der Waals surface area contributed by atoms with Gasteiger partial charge in [0.1, 0.15) is 0 Å². The third-order valence-corrected chi connectivity index (χ3v) is 10.2. The highest BCUT2D eigenvalue weighted by Crippen LogP contribution is 2.36. The van der Waals surface area contributed by atoms with Crippen LogP contribution in [0.2, 0.25) is 18.1 Å². The molecule has 28 heavy (non-hydrogen) atoms. The standard InChI is InChI=1S/C22H32N2O3Si/c1-7-23(14-10-11-17-27-28(5,6)22(2,3)4)15-16-24-20(25)18-12-8-9-13-19(18)21(24)26/h8-9,12-13H,7,14-17H2,1-6H3. The highest BCUT2D eigenvalue weighted by atomic mass is 28.4. The Morgan fingerprint density at radius 2 is 1.64 bits per heavy atom. The first kappa shape index (κ1) is 22.3. The van der Waals surface area contributed by atoms with Crippen LogP contribution in [0.15, 0.2) is 24.3 Å². The molecule has 0 N–H and O–H groups in total. The molecule has 6 heteroatoms. The van der Waals surface area contributed by atoms with Gasteiger partial charge in [-0.25, -0.2) is 0 Å². The molecule has 0 bridgehead atoms. The van der Waals surface area contributed by atoms with Gasteiger partial charge in [0.25, 0.3) is 11.8 Å². The van der Waals surface area contributed by atoms with Crippen LogP contribution < -0.4 is 0 Å². The summed E-state index contributed by atoms with van der Waals surface area (Å²) < 4.78 is 6.06. The van der Waals surface area contributed by atoms with E-state index in [4.69, 9.17) is 4.43 Å². The summed E-state index contributed by atoms with van der Waals surface area (Å²) in [5, 5.41) is 0.177. The molecule has 0 radical (unpaired) electrons. The summed E-state index contributed by atoms with van der Waals surface area (Å²) in [6.45, 7) is 16.0. The van der Waals surface area contributed by atoms with Gasteiger partial charge < -0.3 is 4.43 Å². The number of imide groups is 1. The maximum Gasteiger partial charge on any atom is 0.261 e. The lowest BCUT2D eigenvalue weighted by molar-refractivity contribution is 0.0639. The summed E-state index contributed by atoms with van der Waals surface area (Å²) in [6, 6.07) is 6.99. The molecule has 0 aliphatic carbocycles. The lowest BCUT2D eigenvalue weighted by Gasteiger charge is -2.35. The van der Waals surface area contributed by atoms with Gasteiger partial charge in [0.15, 0.2) is 8.32 Å². The third kappa shape index (κ3) is 5.10. The van der Waals surface area contributed by atoms with Crippen LogP contribution in [0.25, 0.3) is 0 Å². The molecular weight excluding hydrogens is 368 g/mol. The van der Waals surface area contributed by atoms with Crippen LogP contribution in [0.4, 0.5) is 0 Å². The van der Waals surface area contributed by atoms with Gasteiger partial charge in [-0.1, -0.05) is 51.7 Å². The predicted octanol–water partition coefficient (Wildman–Crippen LogP) is 3.63. The highest BCUT2D eigenvalue weighted by molar-refractivity contribution is 6.74. The summed E-state index contributed by atoms with van der Waals surface area (Å²) in [6.07, 6.45) is 0. The SMILES string of the molecule is CCN(CC#CCO[Si](C)(C)C(C)(C)C)CCN1C(=O)c2ccccc2C1=O. The van der Waals surface area contributed by atoms with Gasteiger partial charge in [-0.2, -0.15) is 0 Å². The topological polar surface area (TPSA) is 49.9 Å². The Bertz CT molecular complexity index is 752. The summed E-state index contributed by atoms with van der Waals surface area (Å²) >= 11 is 0. The number of carbonyl (C=O) groups is 2. The second-order valence-corrected chi connectivity index (χ2v) is 13.4. The second kappa shape index (κ2) is 9.04. The molecule has 1 aliphatic rings. The molecule has 0 aromatic heterocycles. The van der Waals surface area contributed by atoms with E-state index in [9.17, 15) is 9.59 Å². The average Bonchev–Trinajstić information content (AvgIpc) is 2.87. The first-order chi connectivity index (χ1) is 13.1. The van der Waals surface area contributed by atoms with E-state index in [-0.39, 0.29) is 16.9 Å². The molecule has 1 heterocycles. The van der Waals surface area contributed by atoms with Crippen molar-refractivity contribution in [2.45, 2.75) is 45.8 Å². The van der Waals surface area contributed by atoms with Crippen molar-refractivity contribution in [1.82, 2.24) is 9.80 Å². The maximum absolute atomic E-state index is 12.4. The molecule has 1 aliphatic heterocycles. The van der Waals surface area contributed by atoms with Gasteiger partial charge in [0.2, 0.25) is 0 Å². The predicted molar refractivity (Wildman–Crippen MR) is 115 cm³/mol. The molecule has 1 aromatic carbocycles. The van der Waals surface area contributed by atoms with Crippen molar-refractivity contribution in [2.75, 3.05) is 32.8 Å². The van der Waals surface area contributed by atoms with Crippen LogP contribution in [-0.2, 0) is 4.43 Å². The molecule has 5 nitrogen and oxygen atoms in total. The Balaban J connectivity index is 1.83. The van der Waals surface area contributed by atoms with E-state index in [1.54, 1.807) is 24.3 Å². The third-order valence-electron chi connectivity index (χ3n) is 5.70. The summed E-state index contributed by atoms with van der Waals surface area (Å²) in [7, 11) is -1.77. The largest absolute Gasteiger partial charge is 0.406 e. The van der Waals surface area contributed by atoms with Crippen LogP contribution >= 0.6 is 0 Å². The molecular formula is C22H32N2O3Si. The normalized spacial score (nSPS) is 14.3. The van der Waals surface area contributed by atoms with Gasteiger partial charge in [-0.3, -0.25) is 19.4 Å². The van der Waals surface area contributed by atoms with E-state index in [0.29, 0.717) is 37.4 Å². The van der Waals surface area contributed by atoms with Gasteiger partial charge in [-0.15, -0.1) is 0 Å². The monoisotopic (exact) mass is 400 g/mol. The van der Waals surface area contributed by atoms with E-state index < -0.39 is 8.32 Å². The fraction of sp³-hybridized carbons (Fsp3) is 0.545. The number of hydrogen-bond acceptors (Lipinski definition) is 4. The first-order valence-corrected chi connectivity index (χ1v) is 12.8. The molecule has 0 saturated carbocycles. The van der Waals surface area contributed by atoms with Crippen molar-refractivity contribution >= 4 is 20.1 Å². The number of fused-ring (bicyclic) bond motifs is 1. The number of amides is 2. The summed E-state index contributed by atoms with van der Waals surface area (Å²) in [4.78, 5) is 28.3. The maximum atomic E-state index is 12.4. The Hall–Kier alpha value is -1.94. The van der Waals surface area contributed by atoms with Gasteiger partial charge in [-0.05, 0) is 36.8 Å². The van der Waals surface area contributed by atoms with Crippen LogP contribution in [-0.4, -0.2) is 62.7 Å². The van der Waals surface area contributed by atoms with Crippen molar-refractivity contribution in [3.8, 4) is 11.8 Å². The van der Waals surface area contributed by atoms with Crippen molar-refractivity contribution < 1.29 is 14.0 Å². The molecule has 0 unspecified atom stereocenters. The number of rotatable bonds is 7. The molecule has 0 fully saturated rings. The molecule has 0 saturated heterocycles. The lowest BCUT2D eigenvalue weighted by Crippen LogP contribution is -2.40. The van der Waals surface area contributed by atoms with E-state index in [1.807, 2.05) is 0 Å².